The lowest BCUT2D eigenvalue weighted by atomic mass is 10.00. The van der Waals surface area contributed by atoms with Crippen molar-refractivity contribution in [2.24, 2.45) is 11.8 Å². The van der Waals surface area contributed by atoms with Crippen LogP contribution in [0.1, 0.15) is 57.8 Å². The lowest BCUT2D eigenvalue weighted by Crippen LogP contribution is -2.34. The lowest BCUT2D eigenvalue weighted by molar-refractivity contribution is 0.101. The van der Waals surface area contributed by atoms with Crippen molar-refractivity contribution in [2.45, 2.75) is 59.1 Å². The third-order valence-corrected chi connectivity index (χ3v) is 4.08. The first-order valence-corrected chi connectivity index (χ1v) is 8.46. The summed E-state index contributed by atoms with van der Waals surface area (Å²) in [7, 11) is 0. The second kappa shape index (κ2) is 7.42. The summed E-state index contributed by atoms with van der Waals surface area (Å²) in [5.41, 5.74) is 2.42. The SMILES string of the molecule is CC(C)Cc1ccc(C(O)CN(CC(C)C)C2CC2)cc1. The fourth-order valence-corrected chi connectivity index (χ4v) is 2.96. The quantitative estimate of drug-likeness (QED) is 0.781. The number of rotatable bonds is 8. The van der Waals surface area contributed by atoms with Crippen LogP contribution in [-0.4, -0.2) is 29.1 Å². The van der Waals surface area contributed by atoms with E-state index in [2.05, 4.69) is 56.9 Å². The number of hydrogen-bond donors (Lipinski definition) is 1. The zero-order chi connectivity index (χ0) is 15.4. The fraction of sp³-hybridized carbons (Fsp3) is 0.684. The molecule has 0 saturated heterocycles. The van der Waals surface area contributed by atoms with Gasteiger partial charge in [0.2, 0.25) is 0 Å². The Bertz CT molecular complexity index is 420. The molecule has 0 radical (unpaired) electrons. The normalized spacial score (nSPS) is 17.0. The van der Waals surface area contributed by atoms with E-state index in [0.717, 1.165) is 25.1 Å². The monoisotopic (exact) mass is 289 g/mol. The summed E-state index contributed by atoms with van der Waals surface area (Å²) in [6.45, 7) is 10.8. The summed E-state index contributed by atoms with van der Waals surface area (Å²) in [6, 6.07) is 9.25. The highest BCUT2D eigenvalue weighted by Gasteiger charge is 2.30. The molecule has 21 heavy (non-hydrogen) atoms. The molecule has 0 aliphatic heterocycles. The molecule has 0 heterocycles. The Morgan fingerprint density at radius 1 is 1.00 bits per heavy atom. The molecule has 0 bridgehead atoms. The van der Waals surface area contributed by atoms with Gasteiger partial charge in [0.25, 0.3) is 0 Å². The summed E-state index contributed by atoms with van der Waals surface area (Å²) >= 11 is 0. The smallest absolute Gasteiger partial charge is 0.0917 e. The molecule has 1 N–H and O–H groups in total. The molecule has 1 aliphatic carbocycles. The van der Waals surface area contributed by atoms with Gasteiger partial charge in [-0.3, -0.25) is 4.90 Å². The van der Waals surface area contributed by atoms with Crippen LogP contribution in [0, 0.1) is 11.8 Å². The Kier molecular flexibility index (Phi) is 5.83. The van der Waals surface area contributed by atoms with Crippen LogP contribution in [0.3, 0.4) is 0 Å². The summed E-state index contributed by atoms with van der Waals surface area (Å²) < 4.78 is 0. The van der Waals surface area contributed by atoms with Crippen LogP contribution >= 0.6 is 0 Å². The largest absolute Gasteiger partial charge is 0.387 e. The van der Waals surface area contributed by atoms with Gasteiger partial charge in [0.05, 0.1) is 6.10 Å². The van der Waals surface area contributed by atoms with E-state index in [1.165, 1.54) is 18.4 Å². The van der Waals surface area contributed by atoms with Crippen LogP contribution in [-0.2, 0) is 6.42 Å². The average Bonchev–Trinajstić information content (AvgIpc) is 3.21. The van der Waals surface area contributed by atoms with E-state index in [9.17, 15) is 5.11 Å². The summed E-state index contributed by atoms with van der Waals surface area (Å²) in [6.07, 6.45) is 3.34. The maximum atomic E-state index is 10.5. The van der Waals surface area contributed by atoms with Crippen molar-refractivity contribution in [2.75, 3.05) is 13.1 Å². The average molecular weight is 289 g/mol. The molecule has 1 aliphatic rings. The van der Waals surface area contributed by atoms with Gasteiger partial charge in [-0.05, 0) is 42.2 Å². The molecular weight excluding hydrogens is 258 g/mol. The van der Waals surface area contributed by atoms with Crippen molar-refractivity contribution >= 4 is 0 Å². The van der Waals surface area contributed by atoms with E-state index in [4.69, 9.17) is 0 Å². The van der Waals surface area contributed by atoms with Crippen molar-refractivity contribution < 1.29 is 5.11 Å². The van der Waals surface area contributed by atoms with Crippen molar-refractivity contribution in [3.8, 4) is 0 Å². The number of aliphatic hydroxyl groups excluding tert-OH is 1. The number of benzene rings is 1. The first kappa shape index (κ1) is 16.5. The van der Waals surface area contributed by atoms with Crippen LogP contribution in [0.5, 0.6) is 0 Å². The van der Waals surface area contributed by atoms with Crippen molar-refractivity contribution in [3.63, 3.8) is 0 Å². The Hall–Kier alpha value is -0.860. The van der Waals surface area contributed by atoms with E-state index in [-0.39, 0.29) is 6.10 Å². The third-order valence-electron chi connectivity index (χ3n) is 4.08. The lowest BCUT2D eigenvalue weighted by Gasteiger charge is -2.26. The predicted molar refractivity (Wildman–Crippen MR) is 89.4 cm³/mol. The molecule has 1 unspecified atom stereocenters. The Morgan fingerprint density at radius 3 is 2.10 bits per heavy atom. The van der Waals surface area contributed by atoms with E-state index in [0.29, 0.717) is 17.9 Å². The predicted octanol–water partition coefficient (Wildman–Crippen LogP) is 4.04. The van der Waals surface area contributed by atoms with Crippen molar-refractivity contribution in [1.82, 2.24) is 4.90 Å². The first-order valence-electron chi connectivity index (χ1n) is 8.46. The fourth-order valence-electron chi connectivity index (χ4n) is 2.96. The van der Waals surface area contributed by atoms with Crippen molar-refractivity contribution in [1.29, 1.82) is 0 Å². The third kappa shape index (κ3) is 5.44. The molecule has 2 nitrogen and oxygen atoms in total. The van der Waals surface area contributed by atoms with Gasteiger partial charge in [0.1, 0.15) is 0 Å². The molecular formula is C19H31NO. The van der Waals surface area contributed by atoms with Crippen LogP contribution in [0.2, 0.25) is 0 Å². The Labute approximate surface area is 130 Å². The topological polar surface area (TPSA) is 23.5 Å². The van der Waals surface area contributed by atoms with Gasteiger partial charge < -0.3 is 5.11 Å². The highest BCUT2D eigenvalue weighted by atomic mass is 16.3. The highest BCUT2D eigenvalue weighted by Crippen LogP contribution is 2.29. The van der Waals surface area contributed by atoms with Crippen molar-refractivity contribution in [3.05, 3.63) is 35.4 Å². The first-order chi connectivity index (χ1) is 9.95. The number of hydrogen-bond acceptors (Lipinski definition) is 2. The maximum absolute atomic E-state index is 10.5. The molecule has 2 rings (SSSR count). The molecule has 1 aromatic rings. The second-order valence-electron chi connectivity index (χ2n) is 7.43. The Morgan fingerprint density at radius 2 is 1.62 bits per heavy atom. The summed E-state index contributed by atoms with van der Waals surface area (Å²) in [5, 5.41) is 10.5. The standard InChI is InChI=1S/C19H31NO/c1-14(2)11-16-5-7-17(8-6-16)19(21)13-20(12-15(3)4)18-9-10-18/h5-8,14-15,18-19,21H,9-13H2,1-4H3. The van der Waals surface area contributed by atoms with Gasteiger partial charge in [0.15, 0.2) is 0 Å². The zero-order valence-corrected chi connectivity index (χ0v) is 14.0. The summed E-state index contributed by atoms with van der Waals surface area (Å²) in [5.74, 6) is 1.34. The molecule has 1 saturated carbocycles. The van der Waals surface area contributed by atoms with Crippen LogP contribution in [0.15, 0.2) is 24.3 Å². The molecule has 1 atom stereocenters. The van der Waals surface area contributed by atoms with Gasteiger partial charge in [-0.15, -0.1) is 0 Å². The number of nitrogens with zero attached hydrogens (tertiary/aromatic N) is 1. The Balaban J connectivity index is 1.93. The van der Waals surface area contributed by atoms with Crippen LogP contribution in [0.4, 0.5) is 0 Å². The van der Waals surface area contributed by atoms with Gasteiger partial charge >= 0.3 is 0 Å². The van der Waals surface area contributed by atoms with E-state index >= 15 is 0 Å². The van der Waals surface area contributed by atoms with E-state index < -0.39 is 0 Å². The molecule has 0 spiro atoms. The molecule has 1 fully saturated rings. The van der Waals surface area contributed by atoms with Gasteiger partial charge in [-0.25, -0.2) is 0 Å². The highest BCUT2D eigenvalue weighted by molar-refractivity contribution is 5.24. The molecule has 0 amide bonds. The van der Waals surface area contributed by atoms with E-state index in [1.807, 2.05) is 0 Å². The van der Waals surface area contributed by atoms with E-state index in [1.54, 1.807) is 0 Å². The van der Waals surface area contributed by atoms with Gasteiger partial charge in [-0.1, -0.05) is 52.0 Å². The number of aliphatic hydroxyl groups is 1. The van der Waals surface area contributed by atoms with Crippen LogP contribution in [0.25, 0.3) is 0 Å². The maximum Gasteiger partial charge on any atom is 0.0917 e. The summed E-state index contributed by atoms with van der Waals surface area (Å²) in [4.78, 5) is 2.47. The second-order valence-corrected chi connectivity index (χ2v) is 7.43. The molecule has 2 heteroatoms. The minimum absolute atomic E-state index is 0.363. The minimum atomic E-state index is -0.363. The zero-order valence-electron chi connectivity index (χ0n) is 14.0. The van der Waals surface area contributed by atoms with Gasteiger partial charge in [0, 0.05) is 19.1 Å². The minimum Gasteiger partial charge on any atom is -0.387 e. The molecule has 118 valence electrons. The molecule has 0 aromatic heterocycles. The van der Waals surface area contributed by atoms with Gasteiger partial charge in [-0.2, -0.15) is 0 Å². The molecule has 1 aromatic carbocycles. The van der Waals surface area contributed by atoms with Crippen LogP contribution < -0.4 is 0 Å².